The summed E-state index contributed by atoms with van der Waals surface area (Å²) in [6.07, 6.45) is 7.22. The minimum Gasteiger partial charge on any atom is -0.383 e. The molecule has 0 unspecified atom stereocenters. The van der Waals surface area contributed by atoms with Gasteiger partial charge in [0, 0.05) is 25.7 Å². The second kappa shape index (κ2) is 8.16. The summed E-state index contributed by atoms with van der Waals surface area (Å²) in [6.45, 7) is 0.973. The summed E-state index contributed by atoms with van der Waals surface area (Å²) in [6, 6.07) is 0. The summed E-state index contributed by atoms with van der Waals surface area (Å²) in [5, 5.41) is 0. The van der Waals surface area contributed by atoms with Gasteiger partial charge < -0.3 is 10.5 Å². The van der Waals surface area contributed by atoms with Crippen molar-refractivity contribution in [3.05, 3.63) is 0 Å². The zero-order chi connectivity index (χ0) is 14.2. The number of ether oxygens (including phenoxy) is 1. The lowest BCUT2D eigenvalue weighted by atomic mass is 9.85. The standard InChI is InChI=1S/C12H27N3O3S/c1-18-10-9-14-19(16,17)15-12(11-13)7-5-3-2-4-6-8-12/h14-15H,2-11,13H2,1H3. The van der Waals surface area contributed by atoms with Crippen molar-refractivity contribution in [1.82, 2.24) is 9.44 Å². The van der Waals surface area contributed by atoms with E-state index in [1.54, 1.807) is 0 Å². The van der Waals surface area contributed by atoms with Gasteiger partial charge in [0.15, 0.2) is 0 Å². The highest BCUT2D eigenvalue weighted by Crippen LogP contribution is 2.26. The molecule has 0 aromatic carbocycles. The molecule has 0 aliphatic heterocycles. The number of methoxy groups -OCH3 is 1. The first-order valence-electron chi connectivity index (χ1n) is 7.01. The zero-order valence-electron chi connectivity index (χ0n) is 11.8. The highest BCUT2D eigenvalue weighted by Gasteiger charge is 2.32. The van der Waals surface area contributed by atoms with E-state index in [1.807, 2.05) is 0 Å². The van der Waals surface area contributed by atoms with E-state index >= 15 is 0 Å². The van der Waals surface area contributed by atoms with E-state index in [0.717, 1.165) is 38.5 Å². The molecule has 0 radical (unpaired) electrons. The van der Waals surface area contributed by atoms with E-state index in [2.05, 4.69) is 9.44 Å². The molecule has 1 fully saturated rings. The van der Waals surface area contributed by atoms with Crippen LogP contribution in [0.25, 0.3) is 0 Å². The Hall–Kier alpha value is -0.210. The van der Waals surface area contributed by atoms with Gasteiger partial charge in [-0.15, -0.1) is 0 Å². The van der Waals surface area contributed by atoms with Gasteiger partial charge in [0.1, 0.15) is 0 Å². The van der Waals surface area contributed by atoms with Crippen LogP contribution in [0.2, 0.25) is 0 Å². The topological polar surface area (TPSA) is 93.4 Å². The molecule has 19 heavy (non-hydrogen) atoms. The first-order valence-corrected chi connectivity index (χ1v) is 8.49. The maximum Gasteiger partial charge on any atom is 0.277 e. The normalized spacial score (nSPS) is 20.7. The zero-order valence-corrected chi connectivity index (χ0v) is 12.6. The van der Waals surface area contributed by atoms with Crippen molar-refractivity contribution in [3.8, 4) is 0 Å². The van der Waals surface area contributed by atoms with Gasteiger partial charge in [-0.25, -0.2) is 0 Å². The Kier molecular flexibility index (Phi) is 7.23. The van der Waals surface area contributed by atoms with Crippen LogP contribution in [0, 0.1) is 0 Å². The second-order valence-electron chi connectivity index (χ2n) is 5.24. The predicted octanol–water partition coefficient (Wildman–Crippen LogP) is 0.499. The van der Waals surface area contributed by atoms with Crippen LogP contribution in [0.1, 0.15) is 44.9 Å². The molecular formula is C12H27N3O3S. The molecule has 0 heterocycles. The maximum atomic E-state index is 12.0. The molecule has 0 amide bonds. The third-order valence-corrected chi connectivity index (χ3v) is 4.94. The van der Waals surface area contributed by atoms with Gasteiger partial charge in [-0.3, -0.25) is 0 Å². The third kappa shape index (κ3) is 6.18. The number of nitrogens with two attached hydrogens (primary N) is 1. The Morgan fingerprint density at radius 2 is 1.74 bits per heavy atom. The van der Waals surface area contributed by atoms with E-state index in [0.29, 0.717) is 13.2 Å². The maximum absolute atomic E-state index is 12.0. The van der Waals surface area contributed by atoms with E-state index in [-0.39, 0.29) is 6.54 Å². The van der Waals surface area contributed by atoms with E-state index in [4.69, 9.17) is 10.5 Å². The van der Waals surface area contributed by atoms with Crippen molar-refractivity contribution in [2.45, 2.75) is 50.5 Å². The third-order valence-electron chi connectivity index (χ3n) is 3.65. The van der Waals surface area contributed by atoms with Crippen molar-refractivity contribution in [2.75, 3.05) is 26.8 Å². The monoisotopic (exact) mass is 293 g/mol. The molecule has 1 saturated carbocycles. The lowest BCUT2D eigenvalue weighted by molar-refractivity contribution is 0.204. The second-order valence-corrected chi connectivity index (χ2v) is 6.74. The number of nitrogens with one attached hydrogen (secondary N) is 2. The summed E-state index contributed by atoms with van der Waals surface area (Å²) in [5.41, 5.74) is 5.35. The molecule has 0 atom stereocenters. The first kappa shape index (κ1) is 16.8. The molecule has 0 saturated heterocycles. The van der Waals surface area contributed by atoms with Gasteiger partial charge in [0.2, 0.25) is 0 Å². The van der Waals surface area contributed by atoms with Crippen molar-refractivity contribution in [3.63, 3.8) is 0 Å². The fourth-order valence-electron chi connectivity index (χ4n) is 2.53. The largest absolute Gasteiger partial charge is 0.383 e. The Balaban J connectivity index is 2.61. The van der Waals surface area contributed by atoms with Crippen LogP contribution in [-0.4, -0.2) is 40.8 Å². The average Bonchev–Trinajstić information content (AvgIpc) is 2.33. The number of hydrogen-bond acceptors (Lipinski definition) is 4. The van der Waals surface area contributed by atoms with Crippen LogP contribution >= 0.6 is 0 Å². The van der Waals surface area contributed by atoms with Crippen molar-refractivity contribution >= 4 is 10.2 Å². The number of rotatable bonds is 7. The molecule has 114 valence electrons. The van der Waals surface area contributed by atoms with E-state index < -0.39 is 15.7 Å². The van der Waals surface area contributed by atoms with Gasteiger partial charge in [-0.2, -0.15) is 17.9 Å². The van der Waals surface area contributed by atoms with Gasteiger partial charge in [-0.05, 0) is 12.8 Å². The summed E-state index contributed by atoms with van der Waals surface area (Å²) < 4.78 is 34.1. The highest BCUT2D eigenvalue weighted by atomic mass is 32.2. The van der Waals surface area contributed by atoms with Gasteiger partial charge in [0.05, 0.1) is 6.61 Å². The molecule has 0 bridgehead atoms. The van der Waals surface area contributed by atoms with Crippen molar-refractivity contribution in [1.29, 1.82) is 0 Å². The van der Waals surface area contributed by atoms with Crippen LogP contribution in [0.3, 0.4) is 0 Å². The molecule has 6 nitrogen and oxygen atoms in total. The van der Waals surface area contributed by atoms with E-state index in [9.17, 15) is 8.42 Å². The Morgan fingerprint density at radius 3 is 2.26 bits per heavy atom. The van der Waals surface area contributed by atoms with Crippen molar-refractivity contribution < 1.29 is 13.2 Å². The lowest BCUT2D eigenvalue weighted by Crippen LogP contribution is -2.57. The van der Waals surface area contributed by atoms with Crippen molar-refractivity contribution in [2.24, 2.45) is 5.73 Å². The Morgan fingerprint density at radius 1 is 1.16 bits per heavy atom. The summed E-state index contributed by atoms with van der Waals surface area (Å²) in [5.74, 6) is 0. The minimum atomic E-state index is -3.51. The Bertz CT molecular complexity index is 338. The molecule has 0 spiro atoms. The molecule has 1 aliphatic carbocycles. The molecule has 0 aromatic rings. The van der Waals surface area contributed by atoms with Crippen LogP contribution in [0.15, 0.2) is 0 Å². The quantitative estimate of drug-likeness (QED) is 0.596. The molecule has 0 aromatic heterocycles. The summed E-state index contributed by atoms with van der Waals surface area (Å²) >= 11 is 0. The van der Waals surface area contributed by atoms with Crippen LogP contribution < -0.4 is 15.2 Å². The highest BCUT2D eigenvalue weighted by molar-refractivity contribution is 7.87. The molecule has 4 N–H and O–H groups in total. The first-order chi connectivity index (χ1) is 9.04. The lowest BCUT2D eigenvalue weighted by Gasteiger charge is -2.34. The number of hydrogen-bond donors (Lipinski definition) is 3. The summed E-state index contributed by atoms with van der Waals surface area (Å²) in [4.78, 5) is 0. The van der Waals surface area contributed by atoms with Crippen LogP contribution in [0.4, 0.5) is 0 Å². The van der Waals surface area contributed by atoms with Gasteiger partial charge in [-0.1, -0.05) is 32.1 Å². The fourth-order valence-corrected chi connectivity index (χ4v) is 3.81. The van der Waals surface area contributed by atoms with Gasteiger partial charge in [0.25, 0.3) is 10.2 Å². The molecule has 7 heteroatoms. The average molecular weight is 293 g/mol. The van der Waals surface area contributed by atoms with E-state index in [1.165, 1.54) is 13.5 Å². The minimum absolute atomic E-state index is 0.270. The van der Waals surface area contributed by atoms with Gasteiger partial charge >= 0.3 is 0 Å². The smallest absolute Gasteiger partial charge is 0.277 e. The molecular weight excluding hydrogens is 266 g/mol. The van der Waals surface area contributed by atoms with Crippen LogP contribution in [-0.2, 0) is 14.9 Å². The SMILES string of the molecule is COCCNS(=O)(=O)NC1(CN)CCCCCCC1. The fraction of sp³-hybridized carbons (Fsp3) is 1.00. The predicted molar refractivity (Wildman–Crippen MR) is 76.0 cm³/mol. The van der Waals surface area contributed by atoms with Crippen LogP contribution in [0.5, 0.6) is 0 Å². The molecule has 1 aliphatic rings. The summed E-state index contributed by atoms with van der Waals surface area (Å²) in [7, 11) is -1.97. The molecule has 1 rings (SSSR count). The Labute approximate surface area is 116 Å².